The summed E-state index contributed by atoms with van der Waals surface area (Å²) < 4.78 is 0. The van der Waals surface area contributed by atoms with Gasteiger partial charge in [-0.15, -0.1) is 0 Å². The Labute approximate surface area is 206 Å². The Morgan fingerprint density at radius 3 is 1.75 bits per heavy atom. The van der Waals surface area contributed by atoms with Gasteiger partial charge in [0.15, 0.2) is 0 Å². The van der Waals surface area contributed by atoms with Gasteiger partial charge in [-0.25, -0.2) is 0 Å². The van der Waals surface area contributed by atoms with Gasteiger partial charge in [-0.2, -0.15) is 0 Å². The molecule has 5 rings (SSSR count). The van der Waals surface area contributed by atoms with E-state index in [4.69, 9.17) is 0 Å². The zero-order chi connectivity index (χ0) is 21.7. The van der Waals surface area contributed by atoms with E-state index < -0.39 is 5.60 Å². The Hall–Kier alpha value is -1.12. The molecule has 0 aromatic heterocycles. The van der Waals surface area contributed by atoms with Crippen molar-refractivity contribution in [2.45, 2.75) is 30.9 Å². The zero-order valence-electron chi connectivity index (χ0n) is 18.8. The first-order valence-corrected chi connectivity index (χ1v) is 11.1. The van der Waals surface area contributed by atoms with Crippen molar-refractivity contribution < 1.29 is 22.2 Å². The number of hydrogen-bond acceptors (Lipinski definition) is 2. The maximum Gasteiger partial charge on any atom is 2.00 e. The van der Waals surface area contributed by atoms with Gasteiger partial charge in [0.2, 0.25) is 0 Å². The second-order valence-electron chi connectivity index (χ2n) is 8.46. The van der Waals surface area contributed by atoms with Crippen LogP contribution in [0.5, 0.6) is 0 Å². The molecule has 10 radical (unpaired) electrons. The molecule has 0 amide bonds. The first kappa shape index (κ1) is 25.5. The molecule has 32 heavy (non-hydrogen) atoms. The normalized spacial score (nSPS) is 22.2. The van der Waals surface area contributed by atoms with Crippen molar-refractivity contribution in [1.29, 1.82) is 0 Å². The summed E-state index contributed by atoms with van der Waals surface area (Å²) in [5.74, 6) is 3.73. The summed E-state index contributed by atoms with van der Waals surface area (Å²) in [5.41, 5.74) is 0.701. The van der Waals surface area contributed by atoms with Gasteiger partial charge in [-0.3, -0.25) is 0 Å². The van der Waals surface area contributed by atoms with E-state index >= 15 is 0 Å². The molecular formula is C29H31FeNO+2. The molecule has 3 heteroatoms. The van der Waals surface area contributed by atoms with E-state index in [1.54, 1.807) is 0 Å². The third kappa shape index (κ3) is 5.33. The predicted octanol–water partition coefficient (Wildman–Crippen LogP) is 5.20. The summed E-state index contributed by atoms with van der Waals surface area (Å²) in [6.07, 6.45) is 17.8. The monoisotopic (exact) mass is 465 g/mol. The standard InChI is InChI=1S/C24H26NO.C5H5.Fe/c1-25(2)22-15-9-10-18-16-17-21(23(18)22)24(26,19-11-5-3-6-12-19)20-13-7-4-8-14-20;1-2-4-5-3-1;/h3-8,11-14,16-17,22,26H,9-10,15H2,1-2H3;1-5H;/q;;+2/t22-;;/m1../s1. The second-order valence-corrected chi connectivity index (χ2v) is 8.46. The average molecular weight is 465 g/mol. The van der Waals surface area contributed by atoms with Crippen LogP contribution in [0.15, 0.2) is 60.7 Å². The number of aliphatic hydroxyl groups is 1. The molecule has 164 valence electrons. The molecule has 3 aliphatic rings. The van der Waals surface area contributed by atoms with Gasteiger partial charge >= 0.3 is 17.1 Å². The molecule has 0 aliphatic heterocycles. The molecular weight excluding hydrogens is 434 g/mol. The Bertz CT molecular complexity index is 742. The molecule has 2 nitrogen and oxygen atoms in total. The number of hydrogen-bond donors (Lipinski definition) is 1. The van der Waals surface area contributed by atoms with Crippen molar-refractivity contribution in [3.63, 3.8) is 0 Å². The van der Waals surface area contributed by atoms with Gasteiger partial charge in [-0.05, 0) is 88.9 Å². The van der Waals surface area contributed by atoms with E-state index in [9.17, 15) is 5.11 Å². The quantitative estimate of drug-likeness (QED) is 0.628. The van der Waals surface area contributed by atoms with Crippen molar-refractivity contribution >= 4 is 0 Å². The number of benzene rings is 2. The van der Waals surface area contributed by atoms with Gasteiger partial charge in [-0.1, -0.05) is 67.1 Å². The van der Waals surface area contributed by atoms with E-state index in [-0.39, 0.29) is 17.1 Å². The van der Waals surface area contributed by atoms with Crippen LogP contribution < -0.4 is 0 Å². The van der Waals surface area contributed by atoms with E-state index in [1.165, 1.54) is 18.3 Å². The number of rotatable bonds is 4. The van der Waals surface area contributed by atoms with Crippen molar-refractivity contribution in [1.82, 2.24) is 4.90 Å². The summed E-state index contributed by atoms with van der Waals surface area (Å²) in [7, 11) is 4.28. The first-order chi connectivity index (χ1) is 15.1. The van der Waals surface area contributed by atoms with Gasteiger partial charge in [0.25, 0.3) is 0 Å². The first-order valence-electron chi connectivity index (χ1n) is 11.1. The molecule has 2 aromatic carbocycles. The van der Waals surface area contributed by atoms with Gasteiger partial charge < -0.3 is 10.0 Å². The van der Waals surface area contributed by atoms with Gasteiger partial charge in [0.05, 0.1) is 0 Å². The summed E-state index contributed by atoms with van der Waals surface area (Å²) in [4.78, 5) is 2.29. The Kier molecular flexibility index (Phi) is 9.43. The minimum absolute atomic E-state index is 0. The Morgan fingerprint density at radius 2 is 1.28 bits per heavy atom. The molecule has 1 atom stereocenters. The average Bonchev–Trinajstić information content (AvgIpc) is 3.53. The topological polar surface area (TPSA) is 23.5 Å². The Balaban J connectivity index is 0.000000427. The van der Waals surface area contributed by atoms with Crippen LogP contribution >= 0.6 is 0 Å². The van der Waals surface area contributed by atoms with Crippen LogP contribution in [0.3, 0.4) is 0 Å². The fraction of sp³-hybridized carbons (Fsp3) is 0.241. The summed E-state index contributed by atoms with van der Waals surface area (Å²) in [6.45, 7) is 0. The predicted molar refractivity (Wildman–Crippen MR) is 127 cm³/mol. The third-order valence-electron chi connectivity index (χ3n) is 6.30. The fourth-order valence-electron chi connectivity index (χ4n) is 4.77. The van der Waals surface area contributed by atoms with Crippen LogP contribution in [-0.4, -0.2) is 30.1 Å². The molecule has 0 spiro atoms. The number of fused-ring (bicyclic) bond motifs is 1. The van der Waals surface area contributed by atoms with Crippen LogP contribution in [0, 0.1) is 62.7 Å². The minimum atomic E-state index is -1.14. The van der Waals surface area contributed by atoms with Crippen molar-refractivity contribution in [2.24, 2.45) is 0 Å². The van der Waals surface area contributed by atoms with E-state index in [0.717, 1.165) is 29.9 Å². The molecule has 0 saturated heterocycles. The van der Waals surface area contributed by atoms with Crippen LogP contribution in [-0.2, 0) is 22.7 Å². The molecule has 0 heterocycles. The van der Waals surface area contributed by atoms with Crippen LogP contribution in [0.2, 0.25) is 0 Å². The third-order valence-corrected chi connectivity index (χ3v) is 6.30. The summed E-state index contributed by atoms with van der Waals surface area (Å²) in [5, 5.41) is 12.2. The molecule has 2 aromatic rings. The maximum atomic E-state index is 12.2. The smallest absolute Gasteiger partial charge is 0.380 e. The van der Waals surface area contributed by atoms with E-state index in [0.29, 0.717) is 6.04 Å². The SMILES string of the molecule is CN(C)[C@@H]1CCC[C]2[CH][CH][C](C(O)(c3ccccc3)c3ccccc3)[C]21.[CH]1[CH][CH][CH][CH]1.[Fe+2]. The van der Waals surface area contributed by atoms with Crippen molar-refractivity contribution in [3.8, 4) is 0 Å². The number of nitrogens with zero attached hydrogens (tertiary/aromatic N) is 1. The Morgan fingerprint density at radius 1 is 0.781 bits per heavy atom. The van der Waals surface area contributed by atoms with Crippen LogP contribution in [0.4, 0.5) is 0 Å². The molecule has 1 N–H and O–H groups in total. The molecule has 0 unspecified atom stereocenters. The largest absolute Gasteiger partial charge is 2.00 e. The van der Waals surface area contributed by atoms with Crippen molar-refractivity contribution in [2.75, 3.05) is 14.1 Å². The van der Waals surface area contributed by atoms with Gasteiger partial charge in [0.1, 0.15) is 5.60 Å². The molecule has 3 aliphatic carbocycles. The van der Waals surface area contributed by atoms with E-state index in [1.807, 2.05) is 92.8 Å². The maximum absolute atomic E-state index is 12.2. The van der Waals surface area contributed by atoms with Crippen LogP contribution in [0.25, 0.3) is 0 Å². The molecule has 3 saturated carbocycles. The van der Waals surface area contributed by atoms with Crippen molar-refractivity contribution in [3.05, 3.63) is 134 Å². The van der Waals surface area contributed by atoms with E-state index in [2.05, 4.69) is 31.8 Å². The van der Waals surface area contributed by atoms with Gasteiger partial charge in [0, 0.05) is 17.9 Å². The molecule has 3 fully saturated rings. The zero-order valence-corrected chi connectivity index (χ0v) is 19.9. The summed E-state index contributed by atoms with van der Waals surface area (Å²) in [6, 6.07) is 20.5. The second kappa shape index (κ2) is 11.8. The van der Waals surface area contributed by atoms with Crippen LogP contribution in [0.1, 0.15) is 30.4 Å². The molecule has 0 bridgehead atoms. The fourth-order valence-corrected chi connectivity index (χ4v) is 4.77. The minimum Gasteiger partial charge on any atom is -0.380 e. The summed E-state index contributed by atoms with van der Waals surface area (Å²) >= 11 is 0.